The third-order valence-electron chi connectivity index (χ3n) is 2.99. The molecule has 0 unspecified atom stereocenters. The molecule has 0 bridgehead atoms. The van der Waals surface area contributed by atoms with Crippen LogP contribution in [0.1, 0.15) is 55.6 Å². The van der Waals surface area contributed by atoms with E-state index in [0.29, 0.717) is 0 Å². The number of amides is 1. The minimum atomic E-state index is 0.141. The van der Waals surface area contributed by atoms with E-state index in [9.17, 15) is 4.79 Å². The Bertz CT molecular complexity index is 369. The number of unbranched alkanes of at least 4 members (excludes halogenated alkanes) is 2. The van der Waals surface area contributed by atoms with Crippen LogP contribution in [0.3, 0.4) is 0 Å². The lowest BCUT2D eigenvalue weighted by atomic mass is 10.2. The first kappa shape index (κ1) is 14.7. The molecule has 0 aliphatic heterocycles. The first-order chi connectivity index (χ1) is 8.69. The predicted molar refractivity (Wildman–Crippen MR) is 74.7 cm³/mol. The number of hydrogen-bond donors (Lipinski definition) is 0. The van der Waals surface area contributed by atoms with Gasteiger partial charge in [0.15, 0.2) is 0 Å². The Balaban J connectivity index is 2.73. The smallest absolute Gasteiger partial charge is 0.253 e. The van der Waals surface area contributed by atoms with E-state index < -0.39 is 0 Å². The average molecular weight is 248 g/mol. The molecule has 0 aromatic carbocycles. The lowest BCUT2D eigenvalue weighted by molar-refractivity contribution is 0.0751. The quantitative estimate of drug-likeness (QED) is 0.740. The van der Waals surface area contributed by atoms with E-state index in [0.717, 1.165) is 50.0 Å². The van der Waals surface area contributed by atoms with Crippen molar-refractivity contribution < 1.29 is 4.79 Å². The van der Waals surface area contributed by atoms with E-state index in [-0.39, 0.29) is 5.91 Å². The number of aryl methyl sites for hydroxylation is 1. The standard InChI is InChI=1S/C15H24N2O/c1-4-6-10-17(11-7-5-2)15(18)14-8-9-16-13(3)12-14/h8-9,12H,4-7,10-11H2,1-3H3. The summed E-state index contributed by atoms with van der Waals surface area (Å²) >= 11 is 0. The fraction of sp³-hybridized carbons (Fsp3) is 0.600. The van der Waals surface area contributed by atoms with Crippen LogP contribution < -0.4 is 0 Å². The Morgan fingerprint density at radius 3 is 2.33 bits per heavy atom. The summed E-state index contributed by atoms with van der Waals surface area (Å²) in [5, 5.41) is 0. The lowest BCUT2D eigenvalue weighted by Crippen LogP contribution is -2.33. The summed E-state index contributed by atoms with van der Waals surface area (Å²) < 4.78 is 0. The van der Waals surface area contributed by atoms with Gasteiger partial charge in [-0.25, -0.2) is 0 Å². The highest BCUT2D eigenvalue weighted by Crippen LogP contribution is 2.08. The third kappa shape index (κ3) is 4.47. The number of carbonyl (C=O) groups excluding carboxylic acids is 1. The van der Waals surface area contributed by atoms with Crippen LogP contribution in [0, 0.1) is 6.92 Å². The Morgan fingerprint density at radius 1 is 1.22 bits per heavy atom. The molecule has 3 heteroatoms. The molecule has 0 radical (unpaired) electrons. The molecule has 3 nitrogen and oxygen atoms in total. The van der Waals surface area contributed by atoms with Crippen molar-refractivity contribution in [2.24, 2.45) is 0 Å². The van der Waals surface area contributed by atoms with Crippen LogP contribution >= 0.6 is 0 Å². The van der Waals surface area contributed by atoms with Gasteiger partial charge in [-0.1, -0.05) is 26.7 Å². The molecular weight excluding hydrogens is 224 g/mol. The maximum absolute atomic E-state index is 12.4. The van der Waals surface area contributed by atoms with Crippen LogP contribution in [0.15, 0.2) is 18.3 Å². The number of pyridine rings is 1. The highest BCUT2D eigenvalue weighted by molar-refractivity contribution is 5.94. The van der Waals surface area contributed by atoms with Crippen molar-refractivity contribution in [1.82, 2.24) is 9.88 Å². The van der Waals surface area contributed by atoms with Crippen LogP contribution in [0.2, 0.25) is 0 Å². The van der Waals surface area contributed by atoms with E-state index in [4.69, 9.17) is 0 Å². The van der Waals surface area contributed by atoms with Crippen molar-refractivity contribution in [1.29, 1.82) is 0 Å². The van der Waals surface area contributed by atoms with Gasteiger partial charge in [-0.3, -0.25) is 9.78 Å². The summed E-state index contributed by atoms with van der Waals surface area (Å²) in [6.07, 6.45) is 6.08. The number of rotatable bonds is 7. The second kappa shape index (κ2) is 7.85. The number of hydrogen-bond acceptors (Lipinski definition) is 2. The van der Waals surface area contributed by atoms with Gasteiger partial charge in [0.05, 0.1) is 0 Å². The first-order valence-electron chi connectivity index (χ1n) is 6.91. The summed E-state index contributed by atoms with van der Waals surface area (Å²) in [7, 11) is 0. The zero-order chi connectivity index (χ0) is 13.4. The summed E-state index contributed by atoms with van der Waals surface area (Å²) in [6, 6.07) is 3.67. The minimum Gasteiger partial charge on any atom is -0.339 e. The maximum Gasteiger partial charge on any atom is 0.253 e. The van der Waals surface area contributed by atoms with Gasteiger partial charge in [-0.15, -0.1) is 0 Å². The van der Waals surface area contributed by atoms with E-state index in [2.05, 4.69) is 18.8 Å². The molecule has 1 aromatic rings. The summed E-state index contributed by atoms with van der Waals surface area (Å²) in [5.74, 6) is 0.141. The fourth-order valence-electron chi connectivity index (χ4n) is 1.87. The SMILES string of the molecule is CCCCN(CCCC)C(=O)c1ccnc(C)c1. The van der Waals surface area contributed by atoms with Crippen LogP contribution in [0.5, 0.6) is 0 Å². The molecule has 0 N–H and O–H groups in total. The van der Waals surface area contributed by atoms with E-state index in [1.165, 1.54) is 0 Å². The zero-order valence-corrected chi connectivity index (χ0v) is 11.8. The monoisotopic (exact) mass is 248 g/mol. The second-order valence-electron chi connectivity index (χ2n) is 4.69. The van der Waals surface area contributed by atoms with Crippen LogP contribution in [0.25, 0.3) is 0 Å². The summed E-state index contributed by atoms with van der Waals surface area (Å²) in [4.78, 5) is 18.5. The van der Waals surface area contributed by atoms with E-state index in [1.807, 2.05) is 17.9 Å². The van der Waals surface area contributed by atoms with E-state index >= 15 is 0 Å². The Kier molecular flexibility index (Phi) is 6.40. The van der Waals surface area contributed by atoms with Gasteiger partial charge < -0.3 is 4.90 Å². The van der Waals surface area contributed by atoms with Gasteiger partial charge in [0.2, 0.25) is 0 Å². The molecule has 1 aromatic heterocycles. The van der Waals surface area contributed by atoms with Gasteiger partial charge in [-0.2, -0.15) is 0 Å². The van der Waals surface area contributed by atoms with Crippen molar-refractivity contribution in [3.05, 3.63) is 29.6 Å². The highest BCUT2D eigenvalue weighted by atomic mass is 16.2. The zero-order valence-electron chi connectivity index (χ0n) is 11.8. The van der Waals surface area contributed by atoms with Crippen molar-refractivity contribution in [2.75, 3.05) is 13.1 Å². The van der Waals surface area contributed by atoms with Gasteiger partial charge in [0.25, 0.3) is 5.91 Å². The highest BCUT2D eigenvalue weighted by Gasteiger charge is 2.14. The van der Waals surface area contributed by atoms with Crippen LogP contribution in [0.4, 0.5) is 0 Å². The van der Waals surface area contributed by atoms with Crippen molar-refractivity contribution in [3.8, 4) is 0 Å². The molecule has 0 fully saturated rings. The molecule has 1 heterocycles. The van der Waals surface area contributed by atoms with Crippen LogP contribution in [-0.4, -0.2) is 28.9 Å². The number of carbonyl (C=O) groups is 1. The molecule has 100 valence electrons. The molecule has 0 atom stereocenters. The molecule has 0 aliphatic rings. The molecule has 18 heavy (non-hydrogen) atoms. The van der Waals surface area contributed by atoms with Gasteiger partial charge in [0, 0.05) is 30.5 Å². The lowest BCUT2D eigenvalue weighted by Gasteiger charge is -2.22. The summed E-state index contributed by atoms with van der Waals surface area (Å²) in [5.41, 5.74) is 1.65. The number of nitrogens with zero attached hydrogens (tertiary/aromatic N) is 2. The van der Waals surface area contributed by atoms with Gasteiger partial charge >= 0.3 is 0 Å². The fourth-order valence-corrected chi connectivity index (χ4v) is 1.87. The maximum atomic E-state index is 12.4. The Labute approximate surface area is 110 Å². The van der Waals surface area contributed by atoms with Crippen molar-refractivity contribution in [3.63, 3.8) is 0 Å². The van der Waals surface area contributed by atoms with Gasteiger partial charge in [0.1, 0.15) is 0 Å². The molecule has 0 spiro atoms. The minimum absolute atomic E-state index is 0.141. The van der Waals surface area contributed by atoms with Crippen LogP contribution in [-0.2, 0) is 0 Å². The molecule has 0 aliphatic carbocycles. The molecule has 1 amide bonds. The Hall–Kier alpha value is -1.38. The number of aromatic nitrogens is 1. The molecule has 0 saturated heterocycles. The predicted octanol–water partition coefficient (Wildman–Crippen LogP) is 3.43. The van der Waals surface area contributed by atoms with E-state index in [1.54, 1.807) is 12.3 Å². The van der Waals surface area contributed by atoms with Crippen molar-refractivity contribution in [2.45, 2.75) is 46.5 Å². The third-order valence-corrected chi connectivity index (χ3v) is 2.99. The molecule has 1 rings (SSSR count). The topological polar surface area (TPSA) is 33.2 Å². The normalized spacial score (nSPS) is 10.4. The molecule has 0 saturated carbocycles. The Morgan fingerprint density at radius 2 is 1.83 bits per heavy atom. The molecular formula is C15H24N2O. The van der Waals surface area contributed by atoms with Gasteiger partial charge in [-0.05, 0) is 31.9 Å². The first-order valence-corrected chi connectivity index (χ1v) is 6.91. The summed E-state index contributed by atoms with van der Waals surface area (Å²) in [6.45, 7) is 7.94. The second-order valence-corrected chi connectivity index (χ2v) is 4.69. The van der Waals surface area contributed by atoms with Crippen molar-refractivity contribution >= 4 is 5.91 Å². The average Bonchev–Trinajstić information content (AvgIpc) is 2.38. The largest absolute Gasteiger partial charge is 0.339 e.